The molecule has 10 nitrogen and oxygen atoms in total. The van der Waals surface area contributed by atoms with Gasteiger partial charge in [0.15, 0.2) is 5.75 Å². The zero-order chi connectivity index (χ0) is 30.8. The summed E-state index contributed by atoms with van der Waals surface area (Å²) in [5.41, 5.74) is 0.751. The monoisotopic (exact) mass is 602 g/mol. The molecular formula is C30H33F3N4O6. The highest BCUT2D eigenvalue weighted by Crippen LogP contribution is 2.37. The first-order valence-corrected chi connectivity index (χ1v) is 14.1. The summed E-state index contributed by atoms with van der Waals surface area (Å²) in [7, 11) is 1.56. The van der Waals surface area contributed by atoms with Gasteiger partial charge in [-0.15, -0.1) is 0 Å². The van der Waals surface area contributed by atoms with Crippen LogP contribution in [0.1, 0.15) is 36.6 Å². The largest absolute Gasteiger partial charge is 0.422 e. The first-order chi connectivity index (χ1) is 20.6. The maximum absolute atomic E-state index is 15.7. The minimum atomic E-state index is -2.54. The average Bonchev–Trinajstić information content (AvgIpc) is 2.99. The number of fused-ring (bicyclic) bond motifs is 1. The highest BCUT2D eigenvalue weighted by molar-refractivity contribution is 5.80. The molecule has 3 heterocycles. The number of alkyl halides is 2. The lowest BCUT2D eigenvalue weighted by Crippen LogP contribution is -2.46. The SMILES string of the molecule is CCC(=O)Oc1c(Nc2c(C)cc(N3CCOC[C@@H]3CC(F)F)cc2F)cccc1-n1c(=O)c2c(n(C)c1=O)CCOC2. The fraction of sp³-hybridized carbons (Fsp3) is 0.433. The van der Waals surface area contributed by atoms with Gasteiger partial charge in [-0.3, -0.25) is 14.2 Å². The van der Waals surface area contributed by atoms with Crippen LogP contribution in [-0.2, 0) is 34.3 Å². The van der Waals surface area contributed by atoms with E-state index in [1.54, 1.807) is 37.9 Å². The molecule has 13 heteroatoms. The van der Waals surface area contributed by atoms with E-state index >= 15 is 4.39 Å². The van der Waals surface area contributed by atoms with E-state index in [4.69, 9.17) is 14.2 Å². The molecule has 43 heavy (non-hydrogen) atoms. The number of ether oxygens (including phenoxy) is 3. The van der Waals surface area contributed by atoms with Gasteiger partial charge in [-0.1, -0.05) is 13.0 Å². The van der Waals surface area contributed by atoms with Crippen LogP contribution in [0.15, 0.2) is 39.9 Å². The molecule has 0 aliphatic carbocycles. The second-order valence-corrected chi connectivity index (χ2v) is 10.5. The van der Waals surface area contributed by atoms with Crippen molar-refractivity contribution in [3.05, 3.63) is 73.8 Å². The Morgan fingerprint density at radius 1 is 1.19 bits per heavy atom. The van der Waals surface area contributed by atoms with E-state index in [1.165, 1.54) is 22.8 Å². The van der Waals surface area contributed by atoms with Gasteiger partial charge < -0.3 is 24.4 Å². The number of aromatic nitrogens is 2. The Morgan fingerprint density at radius 2 is 1.98 bits per heavy atom. The second-order valence-electron chi connectivity index (χ2n) is 10.5. The van der Waals surface area contributed by atoms with E-state index in [0.717, 1.165) is 4.57 Å². The standard InChI is InChI=1S/C30H33F3N4O6/c1-4-26(38)43-28-22(6-5-7-24(28)37-29(39)20-16-41-10-8-23(20)35(3)30(37)40)34-27-17(2)12-18(13-21(27)31)36-9-11-42-15-19(36)14-25(32)33/h5-7,12-13,19,25,34H,4,8-11,14-16H2,1-3H3/t19-/m0/s1. The number of aryl methyl sites for hydroxylation is 1. The van der Waals surface area contributed by atoms with Crippen molar-refractivity contribution in [1.29, 1.82) is 0 Å². The fourth-order valence-electron chi connectivity index (χ4n) is 5.51. The Labute approximate surface area is 245 Å². The number of anilines is 3. The smallest absolute Gasteiger partial charge is 0.335 e. The van der Waals surface area contributed by atoms with E-state index in [1.807, 2.05) is 0 Å². The zero-order valence-corrected chi connectivity index (χ0v) is 24.1. The van der Waals surface area contributed by atoms with Crippen LogP contribution in [0.25, 0.3) is 5.69 Å². The van der Waals surface area contributed by atoms with Crippen molar-refractivity contribution in [2.45, 2.75) is 52.2 Å². The Kier molecular flexibility index (Phi) is 8.92. The van der Waals surface area contributed by atoms with E-state index < -0.39 is 41.9 Å². The topological polar surface area (TPSA) is 104 Å². The third kappa shape index (κ3) is 6.04. The van der Waals surface area contributed by atoms with Crippen LogP contribution in [0.4, 0.5) is 30.2 Å². The summed E-state index contributed by atoms with van der Waals surface area (Å²) in [6.07, 6.45) is -2.55. The van der Waals surface area contributed by atoms with Crippen molar-refractivity contribution in [2.24, 2.45) is 7.05 Å². The van der Waals surface area contributed by atoms with E-state index in [2.05, 4.69) is 5.32 Å². The fourth-order valence-corrected chi connectivity index (χ4v) is 5.51. The maximum Gasteiger partial charge on any atom is 0.335 e. The molecule has 2 aliphatic heterocycles. The molecule has 1 N–H and O–H groups in total. The van der Waals surface area contributed by atoms with Crippen molar-refractivity contribution in [3.8, 4) is 11.4 Å². The summed E-state index contributed by atoms with van der Waals surface area (Å²) in [5, 5.41) is 2.97. The summed E-state index contributed by atoms with van der Waals surface area (Å²) < 4.78 is 60.9. The van der Waals surface area contributed by atoms with Crippen molar-refractivity contribution >= 4 is 23.0 Å². The molecule has 2 aromatic carbocycles. The molecule has 0 unspecified atom stereocenters. The van der Waals surface area contributed by atoms with Crippen molar-refractivity contribution in [1.82, 2.24) is 9.13 Å². The molecule has 1 fully saturated rings. The van der Waals surface area contributed by atoms with Gasteiger partial charge in [-0.2, -0.15) is 0 Å². The van der Waals surface area contributed by atoms with Crippen LogP contribution in [0.2, 0.25) is 0 Å². The summed E-state index contributed by atoms with van der Waals surface area (Å²) >= 11 is 0. The van der Waals surface area contributed by atoms with Gasteiger partial charge in [-0.05, 0) is 36.8 Å². The van der Waals surface area contributed by atoms with Crippen LogP contribution in [0.5, 0.6) is 5.75 Å². The first kappa shape index (κ1) is 30.4. The van der Waals surface area contributed by atoms with Gasteiger partial charge in [-0.25, -0.2) is 22.5 Å². The third-order valence-corrected chi connectivity index (χ3v) is 7.70. The third-order valence-electron chi connectivity index (χ3n) is 7.70. The predicted octanol–water partition coefficient (Wildman–Crippen LogP) is 3.98. The molecule has 5 rings (SSSR count). The van der Waals surface area contributed by atoms with E-state index in [0.29, 0.717) is 48.7 Å². The molecular weight excluding hydrogens is 569 g/mol. The molecule has 3 aromatic rings. The van der Waals surface area contributed by atoms with Crippen molar-refractivity contribution in [3.63, 3.8) is 0 Å². The Bertz CT molecular complexity index is 1630. The van der Waals surface area contributed by atoms with Gasteiger partial charge in [0.05, 0.1) is 55.1 Å². The van der Waals surface area contributed by atoms with E-state index in [-0.39, 0.29) is 42.4 Å². The molecule has 1 saturated heterocycles. The van der Waals surface area contributed by atoms with Gasteiger partial charge in [0.2, 0.25) is 6.43 Å². The van der Waals surface area contributed by atoms with Crippen LogP contribution in [-0.4, -0.2) is 53.9 Å². The van der Waals surface area contributed by atoms with Crippen LogP contribution in [0, 0.1) is 12.7 Å². The number of esters is 1. The minimum Gasteiger partial charge on any atom is -0.422 e. The number of halogens is 3. The second kappa shape index (κ2) is 12.6. The van der Waals surface area contributed by atoms with Crippen molar-refractivity contribution < 1.29 is 32.2 Å². The molecule has 0 saturated carbocycles. The highest BCUT2D eigenvalue weighted by atomic mass is 19.3. The summed E-state index contributed by atoms with van der Waals surface area (Å²) in [6.45, 7) is 4.42. The molecule has 230 valence electrons. The Morgan fingerprint density at radius 3 is 2.70 bits per heavy atom. The number of hydrogen-bond acceptors (Lipinski definition) is 8. The Hall–Kier alpha value is -4.10. The number of carbonyl (C=O) groups excluding carboxylic acids is 1. The normalized spacial score (nSPS) is 16.7. The summed E-state index contributed by atoms with van der Waals surface area (Å²) in [5.74, 6) is -1.43. The number of carbonyl (C=O) groups is 1. The molecule has 0 spiro atoms. The number of morpholine rings is 1. The number of benzene rings is 2. The minimum absolute atomic E-state index is 0.000128. The molecule has 0 bridgehead atoms. The molecule has 1 aromatic heterocycles. The number of rotatable bonds is 8. The number of para-hydroxylation sites is 1. The van der Waals surface area contributed by atoms with Gasteiger partial charge >= 0.3 is 11.7 Å². The van der Waals surface area contributed by atoms with Crippen LogP contribution >= 0.6 is 0 Å². The lowest BCUT2D eigenvalue weighted by Gasteiger charge is -2.37. The van der Waals surface area contributed by atoms with Crippen LogP contribution in [0.3, 0.4) is 0 Å². The number of nitrogens with zero attached hydrogens (tertiary/aromatic N) is 3. The molecule has 1 atom stereocenters. The maximum atomic E-state index is 15.7. The van der Waals surface area contributed by atoms with Gasteiger partial charge in [0.25, 0.3) is 5.56 Å². The Balaban J connectivity index is 1.58. The average molecular weight is 603 g/mol. The highest BCUT2D eigenvalue weighted by Gasteiger charge is 2.28. The lowest BCUT2D eigenvalue weighted by atomic mass is 10.1. The number of nitrogens with one attached hydrogen (secondary N) is 1. The quantitative estimate of drug-likeness (QED) is 0.305. The summed E-state index contributed by atoms with van der Waals surface area (Å²) in [6, 6.07) is 6.88. The molecule has 0 radical (unpaired) electrons. The molecule has 2 aliphatic rings. The number of hydrogen-bond donors (Lipinski definition) is 1. The summed E-state index contributed by atoms with van der Waals surface area (Å²) in [4.78, 5) is 41.2. The van der Waals surface area contributed by atoms with Gasteiger partial charge in [0.1, 0.15) is 5.82 Å². The predicted molar refractivity (Wildman–Crippen MR) is 154 cm³/mol. The van der Waals surface area contributed by atoms with Crippen molar-refractivity contribution in [2.75, 3.05) is 36.6 Å². The van der Waals surface area contributed by atoms with E-state index in [9.17, 15) is 23.2 Å². The lowest BCUT2D eigenvalue weighted by molar-refractivity contribution is -0.133. The van der Waals surface area contributed by atoms with Crippen LogP contribution < -0.4 is 26.2 Å². The zero-order valence-electron chi connectivity index (χ0n) is 24.1. The van der Waals surface area contributed by atoms with Gasteiger partial charge in [0, 0.05) is 44.2 Å². The first-order valence-electron chi connectivity index (χ1n) is 14.1. The molecule has 0 amide bonds.